The molecule has 9 heteroatoms. The Morgan fingerprint density at radius 1 is 1.03 bits per heavy atom. The molecule has 4 N–H and O–H groups in total. The molecule has 1 saturated heterocycles. The molecule has 0 aliphatic carbocycles. The number of benzene rings is 3. The molecule has 0 radical (unpaired) electrons. The van der Waals surface area contributed by atoms with Crippen molar-refractivity contribution in [2.75, 3.05) is 43.6 Å². The van der Waals surface area contributed by atoms with Crippen molar-refractivity contribution >= 4 is 29.5 Å². The molecule has 3 aromatic rings. The molecule has 186 valence electrons. The predicted octanol–water partition coefficient (Wildman–Crippen LogP) is 3.97. The average Bonchev–Trinajstić information content (AvgIpc) is 2.95. The van der Waals surface area contributed by atoms with Gasteiger partial charge in [0.1, 0.15) is 0 Å². The summed E-state index contributed by atoms with van der Waals surface area (Å²) in [6.45, 7) is 2.37. The number of hydrogen-bond acceptors (Lipinski definition) is 6. The maximum Gasteiger partial charge on any atom is 0.324 e. The molecule has 0 aromatic heterocycles. The Morgan fingerprint density at radius 2 is 1.69 bits per heavy atom. The van der Waals surface area contributed by atoms with Crippen molar-refractivity contribution in [2.24, 2.45) is 0 Å². The van der Waals surface area contributed by atoms with Crippen LogP contribution in [0.1, 0.15) is 21.5 Å². The number of amides is 3. The molecule has 0 saturated carbocycles. The van der Waals surface area contributed by atoms with E-state index < -0.39 is 5.91 Å². The van der Waals surface area contributed by atoms with Gasteiger partial charge in [-0.1, -0.05) is 36.4 Å². The summed E-state index contributed by atoms with van der Waals surface area (Å²) in [6, 6.07) is 20.3. The van der Waals surface area contributed by atoms with Gasteiger partial charge in [-0.2, -0.15) is 0 Å². The Bertz CT molecular complexity index is 1220. The Balaban J connectivity index is 1.62. The summed E-state index contributed by atoms with van der Waals surface area (Å²) in [5, 5.41) is 19.5. The monoisotopic (exact) mass is 487 g/mol. The molecular weight excluding hydrogens is 458 g/mol. The number of urea groups is 1. The summed E-state index contributed by atoms with van der Waals surface area (Å²) >= 11 is 0. The largest absolute Gasteiger partial charge is 0.388 e. The summed E-state index contributed by atoms with van der Waals surface area (Å²) in [5.41, 5.74) is 7.21. The van der Waals surface area contributed by atoms with E-state index in [1.54, 1.807) is 39.5 Å². The zero-order chi connectivity index (χ0) is 25.5. The number of ether oxygens (including phenoxy) is 1. The fourth-order valence-corrected chi connectivity index (χ4v) is 4.12. The molecule has 1 heterocycles. The van der Waals surface area contributed by atoms with Gasteiger partial charge >= 0.3 is 6.03 Å². The molecule has 1 aliphatic heterocycles. The minimum Gasteiger partial charge on any atom is -0.388 e. The van der Waals surface area contributed by atoms with Crippen LogP contribution in [0.25, 0.3) is 11.1 Å². The van der Waals surface area contributed by atoms with Crippen LogP contribution < -0.4 is 15.7 Å². The zero-order valence-corrected chi connectivity index (χ0v) is 20.0. The number of rotatable bonds is 7. The maximum atomic E-state index is 13.5. The van der Waals surface area contributed by atoms with Crippen molar-refractivity contribution in [1.82, 2.24) is 10.4 Å². The van der Waals surface area contributed by atoms with E-state index in [1.807, 2.05) is 49.5 Å². The number of nitrogens with zero attached hydrogens (tertiary/aromatic N) is 2. The lowest BCUT2D eigenvalue weighted by atomic mass is 10.0. The number of morpholine rings is 1. The lowest BCUT2D eigenvalue weighted by molar-refractivity contribution is 0.0548. The molecule has 36 heavy (non-hydrogen) atoms. The van der Waals surface area contributed by atoms with E-state index in [0.29, 0.717) is 38.4 Å². The SMILES string of the molecule is CNc1cc(-c2ccc(N(Cc3ccc(C(=O)NO)cc3)C(=O)N3CCOCC3)cc2)ccc1C=N. The van der Waals surface area contributed by atoms with Crippen molar-refractivity contribution in [3.8, 4) is 11.1 Å². The highest BCUT2D eigenvalue weighted by Gasteiger charge is 2.24. The van der Waals surface area contributed by atoms with Gasteiger partial charge in [0.05, 0.1) is 19.8 Å². The predicted molar refractivity (Wildman–Crippen MR) is 139 cm³/mol. The van der Waals surface area contributed by atoms with Crippen LogP contribution in [-0.4, -0.2) is 61.6 Å². The molecule has 3 amide bonds. The van der Waals surface area contributed by atoms with Crippen LogP contribution >= 0.6 is 0 Å². The third-order valence-electron chi connectivity index (χ3n) is 6.16. The third kappa shape index (κ3) is 5.54. The van der Waals surface area contributed by atoms with Gasteiger partial charge in [0, 0.05) is 48.9 Å². The molecule has 3 aromatic carbocycles. The van der Waals surface area contributed by atoms with Gasteiger partial charge in [0.2, 0.25) is 0 Å². The van der Waals surface area contributed by atoms with Crippen molar-refractivity contribution in [1.29, 1.82) is 5.41 Å². The molecule has 1 fully saturated rings. The first-order valence-corrected chi connectivity index (χ1v) is 11.6. The number of anilines is 2. The van der Waals surface area contributed by atoms with Crippen LogP contribution in [0.4, 0.5) is 16.2 Å². The van der Waals surface area contributed by atoms with E-state index in [0.717, 1.165) is 33.6 Å². The highest BCUT2D eigenvalue weighted by atomic mass is 16.5. The van der Waals surface area contributed by atoms with Gasteiger partial charge in [-0.25, -0.2) is 10.3 Å². The van der Waals surface area contributed by atoms with Crippen molar-refractivity contribution in [3.05, 3.63) is 83.4 Å². The van der Waals surface area contributed by atoms with Gasteiger partial charge in [-0.05, 0) is 47.0 Å². The lowest BCUT2D eigenvalue weighted by Crippen LogP contribution is -2.48. The van der Waals surface area contributed by atoms with Crippen LogP contribution in [0, 0.1) is 5.41 Å². The number of nitrogens with one attached hydrogen (secondary N) is 3. The van der Waals surface area contributed by atoms with Crippen LogP contribution in [-0.2, 0) is 11.3 Å². The van der Waals surface area contributed by atoms with Crippen molar-refractivity contribution in [2.45, 2.75) is 6.54 Å². The first kappa shape index (κ1) is 24.9. The molecule has 0 atom stereocenters. The molecule has 1 aliphatic rings. The Morgan fingerprint density at radius 3 is 2.31 bits per heavy atom. The van der Waals surface area contributed by atoms with Gasteiger partial charge in [0.25, 0.3) is 5.91 Å². The normalized spacial score (nSPS) is 13.1. The van der Waals surface area contributed by atoms with Crippen molar-refractivity contribution in [3.63, 3.8) is 0 Å². The van der Waals surface area contributed by atoms with E-state index in [9.17, 15) is 9.59 Å². The maximum absolute atomic E-state index is 13.5. The smallest absolute Gasteiger partial charge is 0.324 e. The molecular formula is C27H29N5O4. The molecule has 0 spiro atoms. The second kappa shape index (κ2) is 11.5. The fraction of sp³-hybridized carbons (Fsp3) is 0.222. The second-order valence-corrected chi connectivity index (χ2v) is 8.35. The summed E-state index contributed by atoms with van der Waals surface area (Å²) in [7, 11) is 1.83. The number of carbonyl (C=O) groups is 2. The molecule has 4 rings (SSSR count). The third-order valence-corrected chi connectivity index (χ3v) is 6.16. The summed E-state index contributed by atoms with van der Waals surface area (Å²) in [6.07, 6.45) is 1.32. The summed E-state index contributed by atoms with van der Waals surface area (Å²) < 4.78 is 5.41. The van der Waals surface area contributed by atoms with Gasteiger partial charge in [-0.15, -0.1) is 0 Å². The summed E-state index contributed by atoms with van der Waals surface area (Å²) in [4.78, 5) is 28.6. The lowest BCUT2D eigenvalue weighted by Gasteiger charge is -2.33. The topological polar surface area (TPSA) is 118 Å². The van der Waals surface area contributed by atoms with Gasteiger partial charge in [0.15, 0.2) is 0 Å². The van der Waals surface area contributed by atoms with Crippen molar-refractivity contribution < 1.29 is 19.5 Å². The fourth-order valence-electron chi connectivity index (χ4n) is 4.12. The molecule has 0 unspecified atom stereocenters. The van der Waals surface area contributed by atoms with E-state index in [4.69, 9.17) is 15.4 Å². The first-order valence-electron chi connectivity index (χ1n) is 11.6. The minimum absolute atomic E-state index is 0.115. The number of carbonyl (C=O) groups excluding carboxylic acids is 2. The average molecular weight is 488 g/mol. The number of hydroxylamine groups is 1. The van der Waals surface area contributed by atoms with Crippen LogP contribution in [0.15, 0.2) is 66.7 Å². The first-order chi connectivity index (χ1) is 17.5. The van der Waals surface area contributed by atoms with Crippen LogP contribution in [0.5, 0.6) is 0 Å². The zero-order valence-electron chi connectivity index (χ0n) is 20.0. The van der Waals surface area contributed by atoms with E-state index in [2.05, 4.69) is 5.32 Å². The Labute approximate surface area is 209 Å². The Kier molecular flexibility index (Phi) is 7.94. The standard InChI is InChI=1S/C27H29N5O4/c1-29-25-16-22(6-7-23(25)17-28)20-8-10-24(11-9-20)32(27(34)31-12-14-36-15-13-31)18-19-2-4-21(5-3-19)26(33)30-35/h2-11,16-17,28-29,35H,12-15,18H2,1H3,(H,30,33). The quantitative estimate of drug-likeness (QED) is 0.229. The van der Waals surface area contributed by atoms with E-state index in [-0.39, 0.29) is 6.03 Å². The van der Waals surface area contributed by atoms with Crippen LogP contribution in [0.2, 0.25) is 0 Å². The van der Waals surface area contributed by atoms with E-state index >= 15 is 0 Å². The highest BCUT2D eigenvalue weighted by Crippen LogP contribution is 2.28. The van der Waals surface area contributed by atoms with Crippen LogP contribution in [0.3, 0.4) is 0 Å². The Hall–Kier alpha value is -4.21. The minimum atomic E-state index is -0.589. The molecule has 9 nitrogen and oxygen atoms in total. The number of hydrogen-bond donors (Lipinski definition) is 4. The van der Waals surface area contributed by atoms with Gasteiger partial charge < -0.3 is 20.4 Å². The summed E-state index contributed by atoms with van der Waals surface area (Å²) in [5.74, 6) is -0.589. The van der Waals surface area contributed by atoms with Gasteiger partial charge in [-0.3, -0.25) is 14.9 Å². The second-order valence-electron chi connectivity index (χ2n) is 8.35. The van der Waals surface area contributed by atoms with E-state index in [1.165, 1.54) is 6.21 Å². The molecule has 0 bridgehead atoms. The highest BCUT2D eigenvalue weighted by molar-refractivity contribution is 5.94.